The summed E-state index contributed by atoms with van der Waals surface area (Å²) in [5.74, 6) is 1.79. The van der Waals surface area contributed by atoms with E-state index in [0.29, 0.717) is 17.5 Å². The second-order valence-electron chi connectivity index (χ2n) is 17.1. The van der Waals surface area contributed by atoms with Gasteiger partial charge in [0.1, 0.15) is 11.2 Å². The van der Waals surface area contributed by atoms with Gasteiger partial charge in [0, 0.05) is 69.7 Å². The van der Waals surface area contributed by atoms with Crippen molar-refractivity contribution in [3.05, 3.63) is 218 Å². The van der Waals surface area contributed by atoms with Gasteiger partial charge in [-0.3, -0.25) is 0 Å². The zero-order valence-corrected chi connectivity index (χ0v) is 36.7. The summed E-state index contributed by atoms with van der Waals surface area (Å²) >= 11 is 1.86. The molecule has 0 spiro atoms. The zero-order valence-electron chi connectivity index (χ0n) is 35.9. The quantitative estimate of drug-likeness (QED) is 0.167. The van der Waals surface area contributed by atoms with Crippen molar-refractivity contribution in [3.8, 4) is 62.1 Å². The Hall–Kier alpha value is -8.71. The van der Waals surface area contributed by atoms with E-state index in [1.807, 2.05) is 65.9 Å². The Morgan fingerprint density at radius 1 is 0.358 bits per heavy atom. The van der Waals surface area contributed by atoms with Crippen molar-refractivity contribution in [2.24, 2.45) is 0 Å². The van der Waals surface area contributed by atoms with Crippen LogP contribution in [0.2, 0.25) is 0 Å². The van der Waals surface area contributed by atoms with E-state index in [1.165, 1.54) is 58.4 Å². The number of hydrogen-bond acceptors (Lipinski definition) is 5. The highest BCUT2D eigenvalue weighted by Gasteiger charge is 2.21. The van der Waals surface area contributed by atoms with Gasteiger partial charge in [-0.1, -0.05) is 152 Å². The van der Waals surface area contributed by atoms with Crippen LogP contribution in [0.4, 0.5) is 0 Å². The lowest BCUT2D eigenvalue weighted by Gasteiger charge is -2.14. The topological polar surface area (TPSA) is 56.7 Å². The van der Waals surface area contributed by atoms with Gasteiger partial charge in [0.15, 0.2) is 17.5 Å². The van der Waals surface area contributed by atoms with Crippen LogP contribution in [-0.2, 0) is 0 Å². The van der Waals surface area contributed by atoms with Crippen LogP contribution in [0.15, 0.2) is 223 Å². The molecule has 0 radical (unpaired) electrons. The molecular weight excluding hydrogens is 837 g/mol. The van der Waals surface area contributed by atoms with Crippen LogP contribution in [0.3, 0.4) is 0 Å². The van der Waals surface area contributed by atoms with Crippen LogP contribution < -0.4 is 0 Å². The molecule has 10 aromatic carbocycles. The third-order valence-electron chi connectivity index (χ3n) is 13.3. The number of aromatic nitrogens is 4. The maximum Gasteiger partial charge on any atom is 0.164 e. The molecule has 0 atom stereocenters. The van der Waals surface area contributed by atoms with Crippen molar-refractivity contribution >= 4 is 86.0 Å². The third kappa shape index (κ3) is 6.04. The molecule has 0 bridgehead atoms. The van der Waals surface area contributed by atoms with E-state index in [1.54, 1.807) is 0 Å². The largest absolute Gasteiger partial charge is 0.456 e. The molecule has 312 valence electrons. The Kier molecular flexibility index (Phi) is 8.38. The van der Waals surface area contributed by atoms with Gasteiger partial charge in [0.2, 0.25) is 0 Å². The van der Waals surface area contributed by atoms with Gasteiger partial charge < -0.3 is 8.98 Å². The monoisotopic (exact) mass is 872 g/mol. The molecule has 14 rings (SSSR count). The maximum atomic E-state index is 6.29. The third-order valence-corrected chi connectivity index (χ3v) is 14.4. The summed E-state index contributed by atoms with van der Waals surface area (Å²) in [5.41, 5.74) is 12.5. The fraction of sp³-hybridized carbons (Fsp3) is 0. The number of fused-ring (bicyclic) bond motifs is 11. The van der Waals surface area contributed by atoms with Crippen molar-refractivity contribution in [1.29, 1.82) is 0 Å². The predicted octanol–water partition coefficient (Wildman–Crippen LogP) is 16.7. The number of benzene rings is 10. The fourth-order valence-electron chi connectivity index (χ4n) is 10.2. The minimum Gasteiger partial charge on any atom is -0.456 e. The normalized spacial score (nSPS) is 11.9. The SMILES string of the molecule is c1ccc(-c2nc(-c3ccc(-n4c5ccc6ccccc6c5c5cccc(-c6cccc(-c7cccc8sc9ccccc9c78)c6)c54)cc3)nc(-c3ccc4c(c3)oc3ccccc34)n2)cc1. The minimum atomic E-state index is 0.583. The Morgan fingerprint density at radius 3 is 1.81 bits per heavy atom. The van der Waals surface area contributed by atoms with E-state index in [2.05, 4.69) is 168 Å². The number of thiophene rings is 1. The van der Waals surface area contributed by atoms with E-state index in [0.717, 1.165) is 60.9 Å². The second-order valence-corrected chi connectivity index (χ2v) is 18.2. The molecule has 6 heteroatoms. The highest BCUT2D eigenvalue weighted by molar-refractivity contribution is 7.25. The molecule has 0 unspecified atom stereocenters. The first-order valence-corrected chi connectivity index (χ1v) is 23.3. The molecule has 14 aromatic rings. The molecule has 0 N–H and O–H groups in total. The second kappa shape index (κ2) is 14.9. The fourth-order valence-corrected chi connectivity index (χ4v) is 11.3. The van der Waals surface area contributed by atoms with Crippen LogP contribution in [0.5, 0.6) is 0 Å². The van der Waals surface area contributed by atoms with Crippen LogP contribution in [-0.4, -0.2) is 19.5 Å². The molecule has 5 nitrogen and oxygen atoms in total. The molecular formula is C61H36N4OS. The Bertz CT molecular complexity index is 4280. The van der Waals surface area contributed by atoms with E-state index in [-0.39, 0.29) is 0 Å². The highest BCUT2D eigenvalue weighted by atomic mass is 32.1. The van der Waals surface area contributed by atoms with Crippen LogP contribution in [0.1, 0.15) is 0 Å². The molecule has 0 fully saturated rings. The van der Waals surface area contributed by atoms with Gasteiger partial charge in [0.05, 0.1) is 11.0 Å². The summed E-state index contributed by atoms with van der Waals surface area (Å²) in [6, 6.07) is 77.6. The molecule has 4 heterocycles. The van der Waals surface area contributed by atoms with Gasteiger partial charge in [-0.25, -0.2) is 15.0 Å². The number of rotatable bonds is 6. The van der Waals surface area contributed by atoms with Gasteiger partial charge in [-0.2, -0.15) is 0 Å². The molecule has 0 aliphatic heterocycles. The molecule has 0 saturated carbocycles. The molecule has 0 aliphatic carbocycles. The lowest BCUT2D eigenvalue weighted by atomic mass is 9.95. The Morgan fingerprint density at radius 2 is 0.955 bits per heavy atom. The summed E-state index contributed by atoms with van der Waals surface area (Å²) in [4.78, 5) is 15.3. The van der Waals surface area contributed by atoms with E-state index < -0.39 is 0 Å². The number of nitrogens with zero attached hydrogens (tertiary/aromatic N) is 4. The van der Waals surface area contributed by atoms with Gasteiger partial charge >= 0.3 is 0 Å². The van der Waals surface area contributed by atoms with Crippen molar-refractivity contribution in [3.63, 3.8) is 0 Å². The maximum absolute atomic E-state index is 6.29. The summed E-state index contributed by atoms with van der Waals surface area (Å²) < 4.78 is 11.3. The van der Waals surface area contributed by atoms with E-state index in [4.69, 9.17) is 19.4 Å². The zero-order chi connectivity index (χ0) is 44.0. The Labute approximate surface area is 388 Å². The first kappa shape index (κ1) is 37.6. The van der Waals surface area contributed by atoms with E-state index >= 15 is 0 Å². The summed E-state index contributed by atoms with van der Waals surface area (Å²) in [6.45, 7) is 0. The lowest BCUT2D eigenvalue weighted by Crippen LogP contribution is -2.00. The average molecular weight is 873 g/mol. The first-order valence-electron chi connectivity index (χ1n) is 22.5. The highest BCUT2D eigenvalue weighted by Crippen LogP contribution is 2.44. The average Bonchev–Trinajstić information content (AvgIpc) is 4.08. The van der Waals surface area contributed by atoms with E-state index in [9.17, 15) is 0 Å². The minimum absolute atomic E-state index is 0.583. The number of hydrogen-bond donors (Lipinski definition) is 0. The standard InChI is InChI=1S/C61H36N4OS/c1-2-14-38(15-3-1)59-62-60(64-61(63-59)42-29-33-48-47-19-6-8-24-52(47)66-53(48)36-42)39-27-31-43(32-28-39)65-51-34-30-37-13-4-5-18-44(37)56(51)50-23-11-22-46(58(50)65)41-17-10-16-40(35-41)45-21-12-26-55-57(45)49-20-7-9-25-54(49)67-55/h1-36H. The number of para-hydroxylation sites is 2. The smallest absolute Gasteiger partial charge is 0.164 e. The molecule has 67 heavy (non-hydrogen) atoms. The molecule has 4 aromatic heterocycles. The molecule has 0 amide bonds. The van der Waals surface area contributed by atoms with Crippen molar-refractivity contribution in [2.45, 2.75) is 0 Å². The van der Waals surface area contributed by atoms with Crippen LogP contribution in [0.25, 0.3) is 137 Å². The lowest BCUT2D eigenvalue weighted by molar-refractivity contribution is 0.669. The summed E-state index contributed by atoms with van der Waals surface area (Å²) in [5, 5.41) is 9.65. The van der Waals surface area contributed by atoms with Crippen molar-refractivity contribution in [1.82, 2.24) is 19.5 Å². The van der Waals surface area contributed by atoms with Gasteiger partial charge in [-0.05, 0) is 94.2 Å². The predicted molar refractivity (Wildman–Crippen MR) is 279 cm³/mol. The van der Waals surface area contributed by atoms with Crippen LogP contribution in [0, 0.1) is 0 Å². The van der Waals surface area contributed by atoms with Crippen molar-refractivity contribution < 1.29 is 4.42 Å². The van der Waals surface area contributed by atoms with Gasteiger partial charge in [0.25, 0.3) is 0 Å². The number of furan rings is 1. The summed E-state index contributed by atoms with van der Waals surface area (Å²) in [6.07, 6.45) is 0. The van der Waals surface area contributed by atoms with Gasteiger partial charge in [-0.15, -0.1) is 11.3 Å². The van der Waals surface area contributed by atoms with Crippen LogP contribution >= 0.6 is 11.3 Å². The summed E-state index contributed by atoms with van der Waals surface area (Å²) in [7, 11) is 0. The first-order chi connectivity index (χ1) is 33.2. The molecule has 0 saturated heterocycles. The molecule has 0 aliphatic rings. The van der Waals surface area contributed by atoms with Crippen molar-refractivity contribution in [2.75, 3.05) is 0 Å². The Balaban J connectivity index is 0.937.